The van der Waals surface area contributed by atoms with Crippen LogP contribution in [0, 0.1) is 0 Å². The van der Waals surface area contributed by atoms with Crippen molar-refractivity contribution in [2.45, 2.75) is 124 Å². The van der Waals surface area contributed by atoms with E-state index in [2.05, 4.69) is 33.2 Å². The lowest BCUT2D eigenvalue weighted by atomic mass is 10.2. The van der Waals surface area contributed by atoms with Crippen LogP contribution in [0.4, 0.5) is 0 Å². The van der Waals surface area contributed by atoms with Gasteiger partial charge in [0.15, 0.2) is 12.6 Å². The summed E-state index contributed by atoms with van der Waals surface area (Å²) in [7, 11) is 0. The highest BCUT2D eigenvalue weighted by Gasteiger charge is 2.20. The summed E-state index contributed by atoms with van der Waals surface area (Å²) in [4.78, 5) is 5.78. The number of hydrogen-bond acceptors (Lipinski definition) is 5. The third kappa shape index (κ3) is 15.7. The minimum absolute atomic E-state index is 0.263. The number of hydrogen-bond donors (Lipinski definition) is 2. The molecule has 0 aliphatic carbocycles. The molecule has 0 radical (unpaired) electrons. The molecule has 5 nitrogen and oxygen atoms in total. The summed E-state index contributed by atoms with van der Waals surface area (Å²) < 4.78 is 12.1. The Labute approximate surface area is 156 Å². The van der Waals surface area contributed by atoms with Gasteiger partial charge in [0.05, 0.1) is 0 Å². The Bertz CT molecular complexity index is 267. The molecule has 0 aromatic rings. The van der Waals surface area contributed by atoms with Gasteiger partial charge >= 0.3 is 0 Å². The molecule has 0 amide bonds. The molecule has 3 atom stereocenters. The first-order valence-corrected chi connectivity index (χ1v) is 10.6. The maximum atomic E-state index is 6.15. The van der Waals surface area contributed by atoms with Crippen LogP contribution in [0.3, 0.4) is 0 Å². The second-order valence-corrected chi connectivity index (χ2v) is 6.82. The van der Waals surface area contributed by atoms with Crippen molar-refractivity contribution in [1.29, 1.82) is 0 Å². The standard InChI is InChI=1S/C20H44N2O3/c1-5-9-12-15-19(23-18(21)14-8-4)24-20(16-13-10-6-2)25-22-17-11-7-3/h18-20,22H,5-17,21H2,1-4H3. The number of hydroxylamine groups is 1. The van der Waals surface area contributed by atoms with Crippen molar-refractivity contribution in [3.05, 3.63) is 0 Å². The largest absolute Gasteiger partial charge is 0.335 e. The Morgan fingerprint density at radius 3 is 1.84 bits per heavy atom. The second kappa shape index (κ2) is 18.6. The van der Waals surface area contributed by atoms with Crippen molar-refractivity contribution in [2.75, 3.05) is 6.54 Å². The highest BCUT2D eigenvalue weighted by atomic mass is 16.8. The van der Waals surface area contributed by atoms with E-state index < -0.39 is 0 Å². The number of nitrogens with one attached hydrogen (secondary N) is 1. The molecule has 0 rings (SSSR count). The van der Waals surface area contributed by atoms with E-state index in [0.29, 0.717) is 0 Å². The molecule has 3 unspecified atom stereocenters. The minimum Gasteiger partial charge on any atom is -0.335 e. The summed E-state index contributed by atoms with van der Waals surface area (Å²) in [6, 6.07) is 0. The highest BCUT2D eigenvalue weighted by molar-refractivity contribution is 4.56. The molecule has 0 fully saturated rings. The number of rotatable bonds is 19. The van der Waals surface area contributed by atoms with Crippen molar-refractivity contribution in [2.24, 2.45) is 5.73 Å². The highest BCUT2D eigenvalue weighted by Crippen LogP contribution is 2.17. The smallest absolute Gasteiger partial charge is 0.180 e. The van der Waals surface area contributed by atoms with Crippen LogP contribution in [0.15, 0.2) is 0 Å². The van der Waals surface area contributed by atoms with E-state index in [1.165, 1.54) is 25.7 Å². The van der Waals surface area contributed by atoms with Gasteiger partial charge in [-0.3, -0.25) is 4.84 Å². The second-order valence-electron chi connectivity index (χ2n) is 6.82. The Morgan fingerprint density at radius 1 is 0.680 bits per heavy atom. The SMILES string of the molecule is CCCCCC(ONCCCC)OC(CCCCC)OC(N)CCC. The summed E-state index contributed by atoms with van der Waals surface area (Å²) >= 11 is 0. The minimum atomic E-state index is -0.285. The fourth-order valence-corrected chi connectivity index (χ4v) is 2.56. The average Bonchev–Trinajstić information content (AvgIpc) is 2.59. The molecule has 0 saturated carbocycles. The molecule has 0 aromatic heterocycles. The summed E-state index contributed by atoms with van der Waals surface area (Å²) in [6.45, 7) is 9.54. The third-order valence-electron chi connectivity index (χ3n) is 4.14. The number of nitrogens with two attached hydrogens (primary N) is 1. The van der Waals surface area contributed by atoms with E-state index in [9.17, 15) is 0 Å². The van der Waals surface area contributed by atoms with Crippen molar-refractivity contribution < 1.29 is 14.3 Å². The molecule has 0 bridgehead atoms. The molecule has 0 aromatic carbocycles. The topological polar surface area (TPSA) is 65.7 Å². The maximum absolute atomic E-state index is 6.15. The molecule has 0 spiro atoms. The van der Waals surface area contributed by atoms with Gasteiger partial charge in [0, 0.05) is 13.0 Å². The van der Waals surface area contributed by atoms with Gasteiger partial charge in [-0.1, -0.05) is 66.2 Å². The first-order chi connectivity index (χ1) is 12.2. The molecule has 5 heteroatoms. The summed E-state index contributed by atoms with van der Waals surface area (Å²) in [5, 5.41) is 0. The van der Waals surface area contributed by atoms with Crippen molar-refractivity contribution in [3.63, 3.8) is 0 Å². The van der Waals surface area contributed by atoms with E-state index in [4.69, 9.17) is 20.0 Å². The van der Waals surface area contributed by atoms with Gasteiger partial charge < -0.3 is 15.2 Å². The van der Waals surface area contributed by atoms with Gasteiger partial charge in [0.2, 0.25) is 0 Å². The normalized spacial score (nSPS) is 15.2. The van der Waals surface area contributed by atoms with Crippen LogP contribution in [-0.4, -0.2) is 25.4 Å². The molecule has 152 valence electrons. The van der Waals surface area contributed by atoms with E-state index in [1.54, 1.807) is 0 Å². The summed E-state index contributed by atoms with van der Waals surface area (Å²) in [5.41, 5.74) is 9.12. The van der Waals surface area contributed by atoms with Gasteiger partial charge in [-0.25, -0.2) is 0 Å². The van der Waals surface area contributed by atoms with Crippen LogP contribution in [0.1, 0.15) is 105 Å². The third-order valence-corrected chi connectivity index (χ3v) is 4.14. The first kappa shape index (κ1) is 24.8. The molecular weight excluding hydrogens is 316 g/mol. The van der Waals surface area contributed by atoms with E-state index in [1.807, 2.05) is 0 Å². The van der Waals surface area contributed by atoms with Crippen molar-refractivity contribution >= 4 is 0 Å². The Morgan fingerprint density at radius 2 is 1.28 bits per heavy atom. The zero-order valence-corrected chi connectivity index (χ0v) is 17.2. The van der Waals surface area contributed by atoms with Crippen LogP contribution in [0.5, 0.6) is 0 Å². The van der Waals surface area contributed by atoms with E-state index in [-0.39, 0.29) is 18.8 Å². The lowest BCUT2D eigenvalue weighted by molar-refractivity contribution is -0.277. The van der Waals surface area contributed by atoms with Gasteiger partial charge in [-0.15, -0.1) is 0 Å². The summed E-state index contributed by atoms with van der Waals surface area (Å²) in [6.07, 6.45) is 12.0. The zero-order valence-electron chi connectivity index (χ0n) is 17.2. The van der Waals surface area contributed by atoms with Crippen LogP contribution >= 0.6 is 0 Å². The molecule has 0 heterocycles. The van der Waals surface area contributed by atoms with Gasteiger partial charge in [0.25, 0.3) is 0 Å². The van der Waals surface area contributed by atoms with Gasteiger partial charge in [0.1, 0.15) is 6.23 Å². The molecule has 0 saturated heterocycles. The monoisotopic (exact) mass is 360 g/mol. The molecule has 0 aliphatic heterocycles. The van der Waals surface area contributed by atoms with Crippen molar-refractivity contribution in [3.8, 4) is 0 Å². The predicted molar refractivity (Wildman–Crippen MR) is 105 cm³/mol. The molecule has 0 aliphatic rings. The van der Waals surface area contributed by atoms with Crippen LogP contribution in [0.25, 0.3) is 0 Å². The van der Waals surface area contributed by atoms with Crippen molar-refractivity contribution in [1.82, 2.24) is 5.48 Å². The van der Waals surface area contributed by atoms with Crippen LogP contribution in [0.2, 0.25) is 0 Å². The Kier molecular flexibility index (Phi) is 18.4. The molecule has 3 N–H and O–H groups in total. The molecular formula is C20H44N2O3. The maximum Gasteiger partial charge on any atom is 0.180 e. The lowest BCUT2D eigenvalue weighted by Crippen LogP contribution is -2.36. The van der Waals surface area contributed by atoms with Crippen LogP contribution < -0.4 is 11.2 Å². The van der Waals surface area contributed by atoms with Gasteiger partial charge in [-0.2, -0.15) is 5.48 Å². The number of ether oxygens (including phenoxy) is 2. The average molecular weight is 361 g/mol. The van der Waals surface area contributed by atoms with E-state index in [0.717, 1.165) is 57.9 Å². The zero-order chi connectivity index (χ0) is 18.8. The van der Waals surface area contributed by atoms with Crippen LogP contribution in [-0.2, 0) is 14.3 Å². The lowest BCUT2D eigenvalue weighted by Gasteiger charge is -2.27. The fourth-order valence-electron chi connectivity index (χ4n) is 2.56. The fraction of sp³-hybridized carbons (Fsp3) is 1.00. The van der Waals surface area contributed by atoms with E-state index >= 15 is 0 Å². The Balaban J connectivity index is 4.51. The summed E-state index contributed by atoms with van der Waals surface area (Å²) in [5.74, 6) is 0. The van der Waals surface area contributed by atoms with Gasteiger partial charge in [-0.05, 0) is 32.1 Å². The molecule has 25 heavy (non-hydrogen) atoms. The predicted octanol–water partition coefficient (Wildman–Crippen LogP) is 5.24. The number of unbranched alkanes of at least 4 members (excludes halogenated alkanes) is 5. The quantitative estimate of drug-likeness (QED) is 0.187. The Hall–Kier alpha value is -0.200. The first-order valence-electron chi connectivity index (χ1n) is 10.6.